The third-order valence-electron chi connectivity index (χ3n) is 1.78. The minimum atomic E-state index is -0.442. The van der Waals surface area contributed by atoms with Crippen LogP contribution in [0.2, 0.25) is 5.02 Å². The van der Waals surface area contributed by atoms with E-state index in [1.165, 1.54) is 4.90 Å². The van der Waals surface area contributed by atoms with Crippen LogP contribution in [0.3, 0.4) is 0 Å². The monoisotopic (exact) mass is 228 g/mol. The fraction of sp³-hybridized carbons (Fsp3) is 0.300. The van der Waals surface area contributed by atoms with E-state index in [4.69, 9.17) is 22.1 Å². The van der Waals surface area contributed by atoms with Crippen LogP contribution in [0.25, 0.3) is 0 Å². The molecule has 1 amide bonds. The molecule has 0 saturated heterocycles. The van der Waals surface area contributed by atoms with Crippen LogP contribution < -0.4 is 10.5 Å². The molecule has 0 atom stereocenters. The molecule has 4 nitrogen and oxygen atoms in total. The average molecular weight is 229 g/mol. The summed E-state index contributed by atoms with van der Waals surface area (Å²) in [7, 11) is 1.62. The second-order valence-electron chi connectivity index (χ2n) is 3.04. The number of benzene rings is 1. The molecule has 1 aromatic rings. The smallest absolute Gasteiger partial charge is 0.410 e. The molecule has 0 heterocycles. The quantitative estimate of drug-likeness (QED) is 0.857. The van der Waals surface area contributed by atoms with Gasteiger partial charge in [-0.15, -0.1) is 0 Å². The van der Waals surface area contributed by atoms with Crippen molar-refractivity contribution in [3.05, 3.63) is 29.3 Å². The van der Waals surface area contributed by atoms with Gasteiger partial charge in [-0.05, 0) is 18.2 Å². The second-order valence-corrected chi connectivity index (χ2v) is 3.47. The second kappa shape index (κ2) is 5.58. The third-order valence-corrected chi connectivity index (χ3v) is 2.01. The highest BCUT2D eigenvalue weighted by atomic mass is 35.5. The van der Waals surface area contributed by atoms with Gasteiger partial charge in [-0.25, -0.2) is 4.79 Å². The Morgan fingerprint density at radius 1 is 1.60 bits per heavy atom. The van der Waals surface area contributed by atoms with Gasteiger partial charge in [0.05, 0.1) is 0 Å². The first-order valence-corrected chi connectivity index (χ1v) is 4.90. The number of hydrogen-bond donors (Lipinski definition) is 1. The maximum absolute atomic E-state index is 11.4. The van der Waals surface area contributed by atoms with Gasteiger partial charge < -0.3 is 15.4 Å². The van der Waals surface area contributed by atoms with E-state index < -0.39 is 6.09 Å². The lowest BCUT2D eigenvalue weighted by atomic mass is 10.3. The van der Waals surface area contributed by atoms with Gasteiger partial charge in [-0.2, -0.15) is 0 Å². The molecule has 2 N–H and O–H groups in total. The first kappa shape index (κ1) is 11.8. The van der Waals surface area contributed by atoms with E-state index in [1.54, 1.807) is 31.3 Å². The summed E-state index contributed by atoms with van der Waals surface area (Å²) in [6, 6.07) is 6.67. The number of carbonyl (C=O) groups is 1. The normalized spacial score (nSPS) is 9.80. The zero-order chi connectivity index (χ0) is 11.3. The van der Waals surface area contributed by atoms with Crippen molar-refractivity contribution >= 4 is 17.7 Å². The van der Waals surface area contributed by atoms with E-state index in [9.17, 15) is 4.79 Å². The summed E-state index contributed by atoms with van der Waals surface area (Å²) in [6.07, 6.45) is -0.442. The van der Waals surface area contributed by atoms with Crippen LogP contribution in [0.15, 0.2) is 24.3 Å². The van der Waals surface area contributed by atoms with Crippen LogP contribution >= 0.6 is 11.6 Å². The Kier molecular flexibility index (Phi) is 4.39. The van der Waals surface area contributed by atoms with Gasteiger partial charge in [0.25, 0.3) is 0 Å². The zero-order valence-corrected chi connectivity index (χ0v) is 9.20. The third kappa shape index (κ3) is 3.77. The predicted molar refractivity (Wildman–Crippen MR) is 59.2 cm³/mol. The van der Waals surface area contributed by atoms with Crippen LogP contribution in [0, 0.1) is 0 Å². The van der Waals surface area contributed by atoms with Crippen molar-refractivity contribution in [1.82, 2.24) is 4.90 Å². The van der Waals surface area contributed by atoms with Crippen molar-refractivity contribution in [3.8, 4) is 5.75 Å². The minimum absolute atomic E-state index is 0.404. The molecular formula is C10H13ClN2O2. The summed E-state index contributed by atoms with van der Waals surface area (Å²) >= 11 is 5.74. The maximum Gasteiger partial charge on any atom is 0.415 e. The molecule has 0 bridgehead atoms. The van der Waals surface area contributed by atoms with Crippen LogP contribution in [-0.2, 0) is 0 Å². The Hall–Kier alpha value is -1.26. The highest BCUT2D eigenvalue weighted by molar-refractivity contribution is 6.30. The van der Waals surface area contributed by atoms with Gasteiger partial charge >= 0.3 is 6.09 Å². The molecule has 0 aliphatic rings. The van der Waals surface area contributed by atoms with Gasteiger partial charge in [0.15, 0.2) is 0 Å². The van der Waals surface area contributed by atoms with Crippen LogP contribution in [0.1, 0.15) is 0 Å². The van der Waals surface area contributed by atoms with E-state index in [0.29, 0.717) is 23.9 Å². The molecule has 1 aromatic carbocycles. The van der Waals surface area contributed by atoms with Crippen molar-refractivity contribution in [3.63, 3.8) is 0 Å². The van der Waals surface area contributed by atoms with Gasteiger partial charge in [-0.3, -0.25) is 0 Å². The molecule has 0 aliphatic heterocycles. The standard InChI is InChI=1S/C10H13ClN2O2/c1-13(6-5-12)10(14)15-9-4-2-3-8(11)7-9/h2-4,7H,5-6,12H2,1H3. The topological polar surface area (TPSA) is 55.6 Å². The number of halogens is 1. The first-order chi connectivity index (χ1) is 7.13. The highest BCUT2D eigenvalue weighted by Crippen LogP contribution is 2.17. The molecule has 1 rings (SSSR count). The number of likely N-dealkylation sites (N-methyl/N-ethyl adjacent to an activating group) is 1. The molecule has 0 aliphatic carbocycles. The molecular weight excluding hydrogens is 216 g/mol. The first-order valence-electron chi connectivity index (χ1n) is 4.52. The summed E-state index contributed by atoms with van der Waals surface area (Å²) in [4.78, 5) is 12.8. The van der Waals surface area contributed by atoms with Gasteiger partial charge in [0, 0.05) is 25.2 Å². The molecule has 0 saturated carbocycles. The zero-order valence-electron chi connectivity index (χ0n) is 8.44. The highest BCUT2D eigenvalue weighted by Gasteiger charge is 2.09. The van der Waals surface area contributed by atoms with E-state index in [2.05, 4.69) is 0 Å². The van der Waals surface area contributed by atoms with Crippen LogP contribution in [0.5, 0.6) is 5.75 Å². The Bertz CT molecular complexity index is 344. The van der Waals surface area contributed by atoms with Crippen molar-refractivity contribution in [2.24, 2.45) is 5.73 Å². The molecule has 0 fully saturated rings. The fourth-order valence-corrected chi connectivity index (χ4v) is 1.17. The summed E-state index contributed by atoms with van der Waals surface area (Å²) in [5, 5.41) is 0.529. The Balaban J connectivity index is 2.58. The van der Waals surface area contributed by atoms with Crippen molar-refractivity contribution in [1.29, 1.82) is 0 Å². The summed E-state index contributed by atoms with van der Waals surface area (Å²) < 4.78 is 5.06. The van der Waals surface area contributed by atoms with Gasteiger partial charge in [0.1, 0.15) is 5.75 Å². The van der Waals surface area contributed by atoms with E-state index >= 15 is 0 Å². The number of nitrogens with zero attached hydrogens (tertiary/aromatic N) is 1. The van der Waals surface area contributed by atoms with Crippen LogP contribution in [0.4, 0.5) is 4.79 Å². The number of ether oxygens (including phenoxy) is 1. The fourth-order valence-electron chi connectivity index (χ4n) is 0.994. The van der Waals surface area contributed by atoms with Gasteiger partial charge in [-0.1, -0.05) is 17.7 Å². The van der Waals surface area contributed by atoms with Crippen molar-refractivity contribution < 1.29 is 9.53 Å². The number of nitrogens with two attached hydrogens (primary N) is 1. The largest absolute Gasteiger partial charge is 0.415 e. The average Bonchev–Trinajstić information content (AvgIpc) is 2.18. The van der Waals surface area contributed by atoms with Crippen LogP contribution in [-0.4, -0.2) is 31.1 Å². The number of rotatable bonds is 3. The Morgan fingerprint density at radius 2 is 2.33 bits per heavy atom. The Labute approximate surface area is 93.6 Å². The number of amides is 1. The van der Waals surface area contributed by atoms with Crippen molar-refractivity contribution in [2.75, 3.05) is 20.1 Å². The summed E-state index contributed by atoms with van der Waals surface area (Å²) in [5.74, 6) is 0.427. The Morgan fingerprint density at radius 3 is 2.93 bits per heavy atom. The van der Waals surface area contributed by atoms with Gasteiger partial charge in [0.2, 0.25) is 0 Å². The number of hydrogen-bond acceptors (Lipinski definition) is 3. The number of carbonyl (C=O) groups excluding carboxylic acids is 1. The van der Waals surface area contributed by atoms with E-state index in [0.717, 1.165) is 0 Å². The molecule has 15 heavy (non-hydrogen) atoms. The minimum Gasteiger partial charge on any atom is -0.410 e. The molecule has 0 spiro atoms. The predicted octanol–water partition coefficient (Wildman–Crippen LogP) is 1.73. The molecule has 0 unspecified atom stereocenters. The van der Waals surface area contributed by atoms with E-state index in [1.807, 2.05) is 0 Å². The lowest BCUT2D eigenvalue weighted by molar-refractivity contribution is 0.164. The van der Waals surface area contributed by atoms with E-state index in [-0.39, 0.29) is 0 Å². The lowest BCUT2D eigenvalue weighted by Crippen LogP contribution is -2.33. The molecule has 82 valence electrons. The molecule has 0 aromatic heterocycles. The maximum atomic E-state index is 11.4. The SMILES string of the molecule is CN(CCN)C(=O)Oc1cccc(Cl)c1. The summed E-state index contributed by atoms with van der Waals surface area (Å²) in [5.41, 5.74) is 5.31. The summed E-state index contributed by atoms with van der Waals surface area (Å²) in [6.45, 7) is 0.862. The lowest BCUT2D eigenvalue weighted by Gasteiger charge is -2.15. The molecule has 5 heteroatoms. The molecule has 0 radical (unpaired) electrons. The van der Waals surface area contributed by atoms with Crippen molar-refractivity contribution in [2.45, 2.75) is 0 Å².